The summed E-state index contributed by atoms with van der Waals surface area (Å²) < 4.78 is 3.45. The van der Waals surface area contributed by atoms with E-state index in [0.29, 0.717) is 17.9 Å². The van der Waals surface area contributed by atoms with Crippen molar-refractivity contribution < 1.29 is 5.11 Å². The monoisotopic (exact) mass is 323 g/mol. The summed E-state index contributed by atoms with van der Waals surface area (Å²) in [4.78, 5) is 17.1. The molecule has 0 atom stereocenters. The van der Waals surface area contributed by atoms with Crippen LogP contribution < -0.4 is 5.56 Å². The van der Waals surface area contributed by atoms with Gasteiger partial charge in [0.25, 0.3) is 5.56 Å². The molecule has 0 aliphatic heterocycles. The maximum absolute atomic E-state index is 12.5. The van der Waals surface area contributed by atoms with Gasteiger partial charge in [-0.25, -0.2) is 0 Å². The summed E-state index contributed by atoms with van der Waals surface area (Å²) >= 11 is 5.27. The zero-order valence-electron chi connectivity index (χ0n) is 13.4. The molecule has 1 saturated carbocycles. The highest BCUT2D eigenvalue weighted by molar-refractivity contribution is 7.71. The summed E-state index contributed by atoms with van der Waals surface area (Å²) in [7, 11) is 0. The van der Waals surface area contributed by atoms with Crippen LogP contribution in [0.1, 0.15) is 57.9 Å². The van der Waals surface area contributed by atoms with Gasteiger partial charge in [-0.15, -0.1) is 0 Å². The van der Waals surface area contributed by atoms with E-state index in [2.05, 4.69) is 4.99 Å². The van der Waals surface area contributed by atoms with Crippen LogP contribution in [0, 0.1) is 4.77 Å². The minimum Gasteiger partial charge on any atom is -0.494 e. The Morgan fingerprint density at radius 2 is 1.77 bits per heavy atom. The van der Waals surface area contributed by atoms with E-state index in [9.17, 15) is 9.90 Å². The van der Waals surface area contributed by atoms with Crippen molar-refractivity contribution in [1.82, 2.24) is 9.13 Å². The number of aromatic nitrogens is 2. The molecule has 0 spiro atoms. The van der Waals surface area contributed by atoms with Crippen molar-refractivity contribution in [2.45, 2.75) is 71.5 Å². The predicted molar refractivity (Wildman–Crippen MR) is 91.6 cm³/mol. The van der Waals surface area contributed by atoms with Crippen molar-refractivity contribution in [2.75, 3.05) is 0 Å². The van der Waals surface area contributed by atoms with E-state index in [1.54, 1.807) is 10.8 Å². The molecule has 22 heavy (non-hydrogen) atoms. The largest absolute Gasteiger partial charge is 0.494 e. The molecule has 1 N–H and O–H groups in total. The molecule has 2 rings (SSSR count). The second-order valence-electron chi connectivity index (χ2n) is 5.74. The fourth-order valence-electron chi connectivity index (χ4n) is 2.97. The molecule has 6 heteroatoms. The third-order valence-corrected chi connectivity index (χ3v) is 4.75. The van der Waals surface area contributed by atoms with E-state index in [0.717, 1.165) is 12.8 Å². The van der Waals surface area contributed by atoms with Crippen LogP contribution in [0.4, 0.5) is 0 Å². The van der Waals surface area contributed by atoms with Gasteiger partial charge in [0, 0.05) is 25.3 Å². The minimum absolute atomic E-state index is 0.0698. The number of aliphatic imine (C=N–C) groups is 1. The van der Waals surface area contributed by atoms with Crippen molar-refractivity contribution in [3.8, 4) is 5.88 Å². The average molecular weight is 323 g/mol. The second-order valence-corrected chi connectivity index (χ2v) is 6.10. The molecule has 1 aromatic rings. The highest BCUT2D eigenvalue weighted by Gasteiger charge is 2.15. The van der Waals surface area contributed by atoms with Crippen molar-refractivity contribution >= 4 is 18.4 Å². The first-order valence-electron chi connectivity index (χ1n) is 8.19. The maximum atomic E-state index is 12.5. The smallest absolute Gasteiger partial charge is 0.267 e. The van der Waals surface area contributed by atoms with Gasteiger partial charge >= 0.3 is 0 Å². The first kappa shape index (κ1) is 16.9. The molecule has 0 unspecified atom stereocenters. The van der Waals surface area contributed by atoms with Crippen molar-refractivity contribution in [3.05, 3.63) is 20.7 Å². The van der Waals surface area contributed by atoms with E-state index >= 15 is 0 Å². The lowest BCUT2D eigenvalue weighted by atomic mass is 10.1. The summed E-state index contributed by atoms with van der Waals surface area (Å²) in [5.41, 5.74) is -0.00591. The third kappa shape index (κ3) is 3.48. The van der Waals surface area contributed by atoms with Crippen LogP contribution in [-0.2, 0) is 13.1 Å². The molecule has 0 bridgehead atoms. The zero-order valence-corrected chi connectivity index (χ0v) is 14.2. The standard InChI is InChI=1S/C16H25N3O2S/c1-3-18-14(20)13(15(21)19(4-2)16(18)22)11-17-12-9-7-5-6-8-10-12/h11-12,20H,3-10H2,1-2H3. The quantitative estimate of drug-likeness (QED) is 0.525. The number of rotatable bonds is 4. The Labute approximate surface area is 136 Å². The highest BCUT2D eigenvalue weighted by atomic mass is 32.1. The maximum Gasteiger partial charge on any atom is 0.267 e. The third-order valence-electron chi connectivity index (χ3n) is 4.31. The Balaban J connectivity index is 2.41. The molecule has 1 aromatic heterocycles. The molecule has 0 aromatic carbocycles. The molecule has 1 aliphatic carbocycles. The lowest BCUT2D eigenvalue weighted by Gasteiger charge is -2.14. The fraction of sp³-hybridized carbons (Fsp3) is 0.688. The van der Waals surface area contributed by atoms with Gasteiger partial charge in [0.1, 0.15) is 5.56 Å². The topological polar surface area (TPSA) is 59.5 Å². The lowest BCUT2D eigenvalue weighted by molar-refractivity contribution is 0.399. The van der Waals surface area contributed by atoms with E-state index in [-0.39, 0.29) is 23.0 Å². The summed E-state index contributed by atoms with van der Waals surface area (Å²) in [6.07, 6.45) is 8.58. The SMILES string of the molecule is CCn1c(O)c(C=NC2CCCCCC2)c(=O)n(CC)c1=S. The van der Waals surface area contributed by atoms with Gasteiger partial charge in [-0.05, 0) is 38.9 Å². The molecule has 0 radical (unpaired) electrons. The fourth-order valence-corrected chi connectivity index (χ4v) is 3.40. The van der Waals surface area contributed by atoms with Crippen molar-refractivity contribution in [1.29, 1.82) is 0 Å². The van der Waals surface area contributed by atoms with E-state index < -0.39 is 0 Å². The molecular weight excluding hydrogens is 298 g/mol. The van der Waals surface area contributed by atoms with E-state index in [4.69, 9.17) is 12.2 Å². The van der Waals surface area contributed by atoms with Crippen molar-refractivity contribution in [3.63, 3.8) is 0 Å². The van der Waals surface area contributed by atoms with Crippen LogP contribution in [-0.4, -0.2) is 26.5 Å². The predicted octanol–water partition coefficient (Wildman–Crippen LogP) is 3.27. The first-order chi connectivity index (χ1) is 10.6. The Morgan fingerprint density at radius 3 is 2.32 bits per heavy atom. The average Bonchev–Trinajstić information content (AvgIpc) is 2.77. The Kier molecular flexibility index (Phi) is 5.94. The van der Waals surface area contributed by atoms with Crippen LogP contribution in [0.5, 0.6) is 5.88 Å². The van der Waals surface area contributed by atoms with Crippen LogP contribution in [0.3, 0.4) is 0 Å². The normalized spacial score (nSPS) is 17.0. The molecule has 1 aliphatic rings. The summed E-state index contributed by atoms with van der Waals surface area (Å²) in [6.45, 7) is 4.78. The molecule has 1 heterocycles. The van der Waals surface area contributed by atoms with Gasteiger partial charge in [-0.2, -0.15) is 0 Å². The van der Waals surface area contributed by atoms with Gasteiger partial charge in [0.2, 0.25) is 5.88 Å². The summed E-state index contributed by atoms with van der Waals surface area (Å²) in [5.74, 6) is -0.0698. The van der Waals surface area contributed by atoms with Gasteiger partial charge in [-0.3, -0.25) is 18.9 Å². The minimum atomic E-state index is -0.257. The van der Waals surface area contributed by atoms with E-state index in [1.165, 1.54) is 30.3 Å². The molecular formula is C16H25N3O2S. The molecule has 5 nitrogen and oxygen atoms in total. The van der Waals surface area contributed by atoms with Gasteiger partial charge in [0.05, 0.1) is 0 Å². The molecule has 1 fully saturated rings. The molecule has 122 valence electrons. The van der Waals surface area contributed by atoms with Crippen LogP contribution in [0.2, 0.25) is 0 Å². The van der Waals surface area contributed by atoms with E-state index in [1.807, 2.05) is 13.8 Å². The lowest BCUT2D eigenvalue weighted by Crippen LogP contribution is -2.28. The Hall–Kier alpha value is -1.43. The van der Waals surface area contributed by atoms with Gasteiger partial charge < -0.3 is 5.11 Å². The van der Waals surface area contributed by atoms with Crippen molar-refractivity contribution in [2.24, 2.45) is 4.99 Å². The van der Waals surface area contributed by atoms with Crippen LogP contribution in [0.15, 0.2) is 9.79 Å². The summed E-state index contributed by atoms with van der Waals surface area (Å²) in [5, 5.41) is 10.3. The zero-order chi connectivity index (χ0) is 16.1. The first-order valence-corrected chi connectivity index (χ1v) is 8.60. The highest BCUT2D eigenvalue weighted by Crippen LogP contribution is 2.20. The number of nitrogens with zero attached hydrogens (tertiary/aromatic N) is 3. The van der Waals surface area contributed by atoms with Crippen LogP contribution >= 0.6 is 12.2 Å². The number of hydrogen-bond donors (Lipinski definition) is 1. The molecule has 0 saturated heterocycles. The Bertz CT molecular complexity index is 653. The number of hydrogen-bond acceptors (Lipinski definition) is 4. The van der Waals surface area contributed by atoms with Gasteiger partial charge in [0.15, 0.2) is 4.77 Å². The van der Waals surface area contributed by atoms with Gasteiger partial charge in [-0.1, -0.05) is 25.7 Å². The van der Waals surface area contributed by atoms with Crippen LogP contribution in [0.25, 0.3) is 0 Å². The second kappa shape index (κ2) is 7.72. The Morgan fingerprint density at radius 1 is 1.18 bits per heavy atom. The summed E-state index contributed by atoms with van der Waals surface area (Å²) in [6, 6.07) is 0.259. The molecule has 0 amide bonds. The number of aromatic hydroxyl groups is 1.